The average molecular weight is 453 g/mol. The van der Waals surface area contributed by atoms with E-state index in [-0.39, 0.29) is 46.2 Å². The largest absolute Gasteiger partial charge is 0.396 e. The molecule has 0 spiro atoms. The topological polar surface area (TPSA) is 210 Å². The van der Waals surface area contributed by atoms with Gasteiger partial charge in [-0.2, -0.15) is 0 Å². The quantitative estimate of drug-likeness (QED) is 0.104. The fourth-order valence-corrected chi connectivity index (χ4v) is 0.952. The van der Waals surface area contributed by atoms with Crippen molar-refractivity contribution in [3.8, 4) is 0 Å². The summed E-state index contributed by atoms with van der Waals surface area (Å²) in [7, 11) is 0. The van der Waals surface area contributed by atoms with Gasteiger partial charge in [-0.05, 0) is 19.8 Å². The lowest BCUT2D eigenvalue weighted by atomic mass is 10.3. The summed E-state index contributed by atoms with van der Waals surface area (Å²) in [5.74, 6) is 0. The molecule has 0 aromatic heterocycles. The molecule has 0 saturated heterocycles. The summed E-state index contributed by atoms with van der Waals surface area (Å²) in [6.07, 6.45) is -0.0764. The van der Waals surface area contributed by atoms with Crippen LogP contribution in [0.15, 0.2) is 0 Å². The van der Waals surface area contributed by atoms with Crippen LogP contribution < -0.4 is 0 Å². The van der Waals surface area contributed by atoms with Crippen LogP contribution in [0.5, 0.6) is 0 Å². The van der Waals surface area contributed by atoms with Gasteiger partial charge in [-0.3, -0.25) is 0 Å². The molecule has 0 aromatic rings. The van der Waals surface area contributed by atoms with Crippen LogP contribution in [0.25, 0.3) is 0 Å². The van der Waals surface area contributed by atoms with Crippen LogP contribution >= 0.6 is 0 Å². The van der Waals surface area contributed by atoms with Crippen LogP contribution in [-0.4, -0.2) is 144 Å². The summed E-state index contributed by atoms with van der Waals surface area (Å²) < 4.78 is 15.0. The minimum absolute atomic E-state index is 0.0413. The fourth-order valence-electron chi connectivity index (χ4n) is 0.952. The highest BCUT2D eigenvalue weighted by Crippen LogP contribution is 1.81. The zero-order chi connectivity index (χ0) is 23.9. The Bertz CT molecular complexity index is 229. The van der Waals surface area contributed by atoms with E-state index in [9.17, 15) is 0 Å². The zero-order valence-electron chi connectivity index (χ0n) is 18.0. The highest BCUT2D eigenvalue weighted by Gasteiger charge is 1.93. The molecule has 0 aliphatic carbocycles. The predicted octanol–water partition coefficient (Wildman–Crippen LogP) is -3.54. The van der Waals surface area contributed by atoms with Gasteiger partial charge in [0, 0.05) is 13.2 Å². The molecule has 0 amide bonds. The first-order valence-electron chi connectivity index (χ1n) is 9.76. The van der Waals surface area contributed by atoms with E-state index >= 15 is 0 Å². The molecule has 0 fully saturated rings. The Balaban J connectivity index is -0.000000167. The number of rotatable bonds is 16. The number of aliphatic hydroxyl groups excluding tert-OH is 9. The van der Waals surface area contributed by atoms with Crippen LogP contribution in [-0.2, 0) is 14.2 Å². The smallest absolute Gasteiger partial charge is 0.100 e. The third kappa shape index (κ3) is 56.4. The van der Waals surface area contributed by atoms with Gasteiger partial charge in [-0.1, -0.05) is 0 Å². The number of hydrogen-bond acceptors (Lipinski definition) is 12. The lowest BCUT2D eigenvalue weighted by molar-refractivity contribution is 0.00230. The zero-order valence-corrected chi connectivity index (χ0v) is 18.0. The minimum Gasteiger partial charge on any atom is -0.396 e. The first-order chi connectivity index (χ1) is 14.4. The Morgan fingerprint density at radius 3 is 0.967 bits per heavy atom. The van der Waals surface area contributed by atoms with Crippen molar-refractivity contribution in [2.24, 2.45) is 0 Å². The summed E-state index contributed by atoms with van der Waals surface area (Å²) >= 11 is 0. The third-order valence-corrected chi connectivity index (χ3v) is 2.47. The molecule has 1 unspecified atom stereocenters. The molecule has 0 rings (SSSR count). The van der Waals surface area contributed by atoms with Gasteiger partial charge in [0.2, 0.25) is 0 Å². The van der Waals surface area contributed by atoms with Gasteiger partial charge in [0.15, 0.2) is 0 Å². The molecule has 1 atom stereocenters. The van der Waals surface area contributed by atoms with Crippen LogP contribution in [0.4, 0.5) is 0 Å². The number of hydrogen-bond donors (Lipinski definition) is 9. The van der Waals surface area contributed by atoms with Gasteiger partial charge in [-0.15, -0.1) is 0 Å². The molecule has 0 heterocycles. The fraction of sp³-hybridized carbons (Fsp3) is 1.00. The molecule has 12 heteroatoms. The van der Waals surface area contributed by atoms with Gasteiger partial charge < -0.3 is 60.2 Å². The predicted molar refractivity (Wildman–Crippen MR) is 109 cm³/mol. The molecule has 0 aromatic carbocycles. The van der Waals surface area contributed by atoms with Gasteiger partial charge in [-0.25, -0.2) is 0 Å². The van der Waals surface area contributed by atoms with Gasteiger partial charge in [0.25, 0.3) is 0 Å². The lowest BCUT2D eigenvalue weighted by Crippen LogP contribution is -2.15. The second kappa shape index (κ2) is 39.0. The van der Waals surface area contributed by atoms with Crippen molar-refractivity contribution in [3.63, 3.8) is 0 Å². The average Bonchev–Trinajstić information content (AvgIpc) is 2.77. The highest BCUT2D eigenvalue weighted by molar-refractivity contribution is 4.44. The normalized spacial score (nSPS) is 10.9. The van der Waals surface area contributed by atoms with E-state index in [1.807, 2.05) is 0 Å². The second-order valence-electron chi connectivity index (χ2n) is 5.49. The van der Waals surface area contributed by atoms with Crippen molar-refractivity contribution in [3.05, 3.63) is 0 Å². The summed E-state index contributed by atoms with van der Waals surface area (Å²) in [6, 6.07) is 0. The first-order valence-corrected chi connectivity index (χ1v) is 9.76. The number of unbranched alkanes of at least 4 members (excludes halogenated alkanes) is 1. The molecular weight excluding hydrogens is 408 g/mol. The van der Waals surface area contributed by atoms with Crippen LogP contribution in [0.2, 0.25) is 0 Å². The van der Waals surface area contributed by atoms with Crippen molar-refractivity contribution in [2.75, 3.05) is 85.9 Å². The number of aliphatic hydroxyl groups is 9. The van der Waals surface area contributed by atoms with Crippen molar-refractivity contribution in [1.82, 2.24) is 0 Å². The Kier molecular flexibility index (Phi) is 48.0. The standard InChI is InChI=1S/C8H18O5.C4H10O2.C3H8O3.C3H8O2/c9-1-3-11-5-7-13-8-6-12-4-2-10;5-3-1-2-4-6;4-1-3(6)2-5;1-3(5)2-4/h9-10H,1-8H2;5-6H,1-4H2;3-6H,1-2H2;3-5H,2H2,1H3. The molecule has 188 valence electrons. The second-order valence-corrected chi connectivity index (χ2v) is 5.49. The van der Waals surface area contributed by atoms with Crippen LogP contribution in [0.1, 0.15) is 19.8 Å². The van der Waals surface area contributed by atoms with E-state index in [4.69, 9.17) is 60.2 Å². The Labute approximate surface area is 178 Å². The van der Waals surface area contributed by atoms with E-state index in [2.05, 4.69) is 0 Å². The van der Waals surface area contributed by atoms with Gasteiger partial charge >= 0.3 is 0 Å². The van der Waals surface area contributed by atoms with Gasteiger partial charge in [0.1, 0.15) is 6.10 Å². The van der Waals surface area contributed by atoms with Crippen molar-refractivity contribution in [1.29, 1.82) is 0 Å². The highest BCUT2D eigenvalue weighted by atomic mass is 16.5. The summed E-state index contributed by atoms with van der Waals surface area (Å²) in [5.41, 5.74) is 0. The molecule has 9 N–H and O–H groups in total. The maximum absolute atomic E-state index is 8.36. The van der Waals surface area contributed by atoms with Crippen molar-refractivity contribution >= 4 is 0 Å². The lowest BCUT2D eigenvalue weighted by Gasteiger charge is -2.04. The van der Waals surface area contributed by atoms with Crippen molar-refractivity contribution in [2.45, 2.75) is 32.0 Å². The SMILES string of the molecule is CC(O)CO.OCC(O)CO.OCCCCO.OCCOCCOCCOCCO. The van der Waals surface area contributed by atoms with E-state index in [1.54, 1.807) is 0 Å². The molecule has 0 aliphatic rings. The number of ether oxygens (including phenoxy) is 3. The van der Waals surface area contributed by atoms with Gasteiger partial charge in [0.05, 0.1) is 78.8 Å². The molecule has 12 nitrogen and oxygen atoms in total. The Morgan fingerprint density at radius 2 is 0.800 bits per heavy atom. The molecule has 30 heavy (non-hydrogen) atoms. The first kappa shape index (κ1) is 36.9. The van der Waals surface area contributed by atoms with E-state index in [0.29, 0.717) is 39.6 Å². The molecule has 0 bridgehead atoms. The van der Waals surface area contributed by atoms with Crippen LogP contribution in [0.3, 0.4) is 0 Å². The molecule has 0 aliphatic heterocycles. The summed E-state index contributed by atoms with van der Waals surface area (Å²) in [6.45, 7) is 3.81. The Morgan fingerprint density at radius 1 is 0.500 bits per heavy atom. The van der Waals surface area contributed by atoms with Crippen LogP contribution in [0, 0.1) is 0 Å². The summed E-state index contributed by atoms with van der Waals surface area (Å²) in [4.78, 5) is 0. The monoisotopic (exact) mass is 452 g/mol. The minimum atomic E-state index is -0.954. The molecule has 0 radical (unpaired) electrons. The molecule has 0 saturated carbocycles. The summed E-state index contributed by atoms with van der Waals surface area (Å²) in [5, 5.41) is 72.9. The van der Waals surface area contributed by atoms with E-state index in [1.165, 1.54) is 6.92 Å². The van der Waals surface area contributed by atoms with Crippen molar-refractivity contribution < 1.29 is 60.2 Å². The maximum Gasteiger partial charge on any atom is 0.100 e. The Hall–Kier alpha value is -0.480. The van der Waals surface area contributed by atoms with E-state index in [0.717, 1.165) is 12.8 Å². The van der Waals surface area contributed by atoms with E-state index < -0.39 is 12.2 Å². The molecular formula is C18H44O12. The maximum atomic E-state index is 8.36. The third-order valence-electron chi connectivity index (χ3n) is 2.47.